The van der Waals surface area contributed by atoms with E-state index in [0.717, 1.165) is 16.8 Å². The van der Waals surface area contributed by atoms with Crippen molar-refractivity contribution in [1.82, 2.24) is 15.3 Å². The molecule has 2 aromatic rings. The summed E-state index contributed by atoms with van der Waals surface area (Å²) in [5.74, 6) is -0.209. The number of nitrogens with zero attached hydrogens (tertiary/aromatic N) is 2. The lowest BCUT2D eigenvalue weighted by Crippen LogP contribution is -2.26. The van der Waals surface area contributed by atoms with Crippen LogP contribution in [0.3, 0.4) is 0 Å². The van der Waals surface area contributed by atoms with Gasteiger partial charge in [-0.1, -0.05) is 12.1 Å². The molecule has 0 aliphatic carbocycles. The zero-order valence-corrected chi connectivity index (χ0v) is 11.3. The summed E-state index contributed by atoms with van der Waals surface area (Å²) in [7, 11) is 0. The molecule has 1 aliphatic rings. The van der Waals surface area contributed by atoms with Crippen LogP contribution in [0.1, 0.15) is 21.6 Å². The predicted molar refractivity (Wildman–Crippen MR) is 76.8 cm³/mol. The molecule has 2 heterocycles. The Kier molecular flexibility index (Phi) is 3.59. The van der Waals surface area contributed by atoms with Crippen LogP contribution >= 0.6 is 0 Å². The second kappa shape index (κ2) is 5.70. The van der Waals surface area contributed by atoms with Crippen LogP contribution in [0.2, 0.25) is 0 Å². The average molecular weight is 282 g/mol. The molecule has 21 heavy (non-hydrogen) atoms. The van der Waals surface area contributed by atoms with Gasteiger partial charge in [-0.2, -0.15) is 0 Å². The molecule has 2 amide bonds. The normalized spacial score (nSPS) is 12.7. The van der Waals surface area contributed by atoms with E-state index in [1.54, 1.807) is 0 Å². The highest BCUT2D eigenvalue weighted by Crippen LogP contribution is 2.23. The van der Waals surface area contributed by atoms with E-state index in [1.807, 2.05) is 18.2 Å². The van der Waals surface area contributed by atoms with Crippen LogP contribution in [-0.2, 0) is 17.6 Å². The summed E-state index contributed by atoms with van der Waals surface area (Å²) in [4.78, 5) is 30.9. The lowest BCUT2D eigenvalue weighted by atomic mass is 10.1. The summed E-state index contributed by atoms with van der Waals surface area (Å²) >= 11 is 0. The molecule has 0 spiro atoms. The SMILES string of the molecule is O=C1Cc2cc(CCNC(=O)c3cnccn3)ccc2N1. The molecule has 0 saturated heterocycles. The molecule has 0 unspecified atom stereocenters. The first-order valence-corrected chi connectivity index (χ1v) is 6.68. The Bertz CT molecular complexity index is 685. The van der Waals surface area contributed by atoms with E-state index >= 15 is 0 Å². The van der Waals surface area contributed by atoms with Crippen molar-refractivity contribution in [2.75, 3.05) is 11.9 Å². The van der Waals surface area contributed by atoms with Crippen molar-refractivity contribution in [2.45, 2.75) is 12.8 Å². The molecule has 0 radical (unpaired) electrons. The van der Waals surface area contributed by atoms with Crippen LogP contribution in [0, 0.1) is 0 Å². The van der Waals surface area contributed by atoms with Gasteiger partial charge >= 0.3 is 0 Å². The summed E-state index contributed by atoms with van der Waals surface area (Å²) in [6.45, 7) is 0.509. The first-order chi connectivity index (χ1) is 10.2. The van der Waals surface area contributed by atoms with E-state index in [0.29, 0.717) is 25.1 Å². The summed E-state index contributed by atoms with van der Waals surface area (Å²) in [5.41, 5.74) is 3.29. The smallest absolute Gasteiger partial charge is 0.271 e. The van der Waals surface area contributed by atoms with E-state index in [2.05, 4.69) is 20.6 Å². The van der Waals surface area contributed by atoms with Gasteiger partial charge in [0.2, 0.25) is 5.91 Å². The summed E-state index contributed by atoms with van der Waals surface area (Å²) < 4.78 is 0. The van der Waals surface area contributed by atoms with Gasteiger partial charge in [0.25, 0.3) is 5.91 Å². The minimum absolute atomic E-state index is 0.0260. The maximum absolute atomic E-state index is 11.8. The third-order valence-corrected chi connectivity index (χ3v) is 3.29. The predicted octanol–water partition coefficient (Wildman–Crippen LogP) is 0.944. The molecular weight excluding hydrogens is 268 g/mol. The molecule has 6 heteroatoms. The summed E-state index contributed by atoms with van der Waals surface area (Å²) in [5, 5.41) is 5.60. The monoisotopic (exact) mass is 282 g/mol. The molecule has 0 bridgehead atoms. The van der Waals surface area contributed by atoms with Crippen LogP contribution in [0.25, 0.3) is 0 Å². The highest BCUT2D eigenvalue weighted by molar-refractivity contribution is 5.99. The minimum atomic E-state index is -0.235. The van der Waals surface area contributed by atoms with E-state index in [1.165, 1.54) is 18.6 Å². The first-order valence-electron chi connectivity index (χ1n) is 6.68. The molecule has 3 rings (SSSR count). The number of carbonyl (C=O) groups excluding carboxylic acids is 2. The first kappa shape index (κ1) is 13.2. The molecule has 0 fully saturated rings. The maximum Gasteiger partial charge on any atom is 0.271 e. The Morgan fingerprint density at radius 2 is 2.24 bits per heavy atom. The summed E-state index contributed by atoms with van der Waals surface area (Å²) in [6.07, 6.45) is 5.57. The number of benzene rings is 1. The molecule has 1 aromatic carbocycles. The van der Waals surface area contributed by atoms with Gasteiger partial charge in [-0.25, -0.2) is 4.98 Å². The van der Waals surface area contributed by atoms with E-state index in [4.69, 9.17) is 0 Å². The van der Waals surface area contributed by atoms with Gasteiger partial charge in [-0.3, -0.25) is 14.6 Å². The van der Waals surface area contributed by atoms with Crippen LogP contribution in [0.15, 0.2) is 36.8 Å². The summed E-state index contributed by atoms with van der Waals surface area (Å²) in [6, 6.07) is 5.86. The lowest BCUT2D eigenvalue weighted by molar-refractivity contribution is -0.115. The Hall–Kier alpha value is -2.76. The molecule has 1 aliphatic heterocycles. The molecule has 0 saturated carbocycles. The van der Waals surface area contributed by atoms with Crippen LogP contribution < -0.4 is 10.6 Å². The van der Waals surface area contributed by atoms with Gasteiger partial charge in [0.15, 0.2) is 0 Å². The zero-order chi connectivity index (χ0) is 14.7. The number of aromatic nitrogens is 2. The molecule has 1 aromatic heterocycles. The zero-order valence-electron chi connectivity index (χ0n) is 11.3. The van der Waals surface area contributed by atoms with Gasteiger partial charge in [0.05, 0.1) is 12.6 Å². The van der Waals surface area contributed by atoms with Crippen LogP contribution in [0.4, 0.5) is 5.69 Å². The largest absolute Gasteiger partial charge is 0.350 e. The quantitative estimate of drug-likeness (QED) is 0.874. The number of hydrogen-bond acceptors (Lipinski definition) is 4. The van der Waals surface area contributed by atoms with Gasteiger partial charge in [0, 0.05) is 24.6 Å². The molecule has 2 N–H and O–H groups in total. The number of rotatable bonds is 4. The topological polar surface area (TPSA) is 84.0 Å². The van der Waals surface area contributed by atoms with Crippen molar-refractivity contribution < 1.29 is 9.59 Å². The highest BCUT2D eigenvalue weighted by atomic mass is 16.2. The van der Waals surface area contributed by atoms with Gasteiger partial charge in [0.1, 0.15) is 5.69 Å². The number of carbonyl (C=O) groups is 2. The third-order valence-electron chi connectivity index (χ3n) is 3.29. The fraction of sp³-hybridized carbons (Fsp3) is 0.200. The number of fused-ring (bicyclic) bond motifs is 1. The van der Waals surface area contributed by atoms with E-state index < -0.39 is 0 Å². The number of hydrogen-bond donors (Lipinski definition) is 2. The Morgan fingerprint density at radius 3 is 3.05 bits per heavy atom. The van der Waals surface area contributed by atoms with Crippen molar-refractivity contribution in [1.29, 1.82) is 0 Å². The second-order valence-corrected chi connectivity index (χ2v) is 4.81. The third kappa shape index (κ3) is 3.05. The highest BCUT2D eigenvalue weighted by Gasteiger charge is 2.17. The van der Waals surface area contributed by atoms with Crippen molar-refractivity contribution in [3.05, 3.63) is 53.6 Å². The molecule has 6 nitrogen and oxygen atoms in total. The number of anilines is 1. The van der Waals surface area contributed by atoms with Crippen LogP contribution in [0.5, 0.6) is 0 Å². The fourth-order valence-electron chi connectivity index (χ4n) is 2.27. The molecular formula is C15H14N4O2. The minimum Gasteiger partial charge on any atom is -0.350 e. The Balaban J connectivity index is 1.56. The Labute approximate surface area is 121 Å². The molecule has 0 atom stereocenters. The number of nitrogens with one attached hydrogen (secondary N) is 2. The van der Waals surface area contributed by atoms with Crippen LogP contribution in [-0.4, -0.2) is 28.3 Å². The second-order valence-electron chi connectivity index (χ2n) is 4.81. The van der Waals surface area contributed by atoms with Gasteiger partial charge in [-0.05, 0) is 23.6 Å². The Morgan fingerprint density at radius 1 is 1.33 bits per heavy atom. The van der Waals surface area contributed by atoms with Crippen molar-refractivity contribution in [2.24, 2.45) is 0 Å². The van der Waals surface area contributed by atoms with E-state index in [9.17, 15) is 9.59 Å². The van der Waals surface area contributed by atoms with Crippen molar-refractivity contribution >= 4 is 17.5 Å². The average Bonchev–Trinajstić information content (AvgIpc) is 2.87. The van der Waals surface area contributed by atoms with Crippen molar-refractivity contribution in [3.8, 4) is 0 Å². The standard InChI is InChI=1S/C15H14N4O2/c20-14-8-11-7-10(1-2-12(11)19-14)3-4-18-15(21)13-9-16-5-6-17-13/h1-2,5-7,9H,3-4,8H2,(H,18,21)(H,19,20). The molecule has 106 valence electrons. The van der Waals surface area contributed by atoms with Gasteiger partial charge in [-0.15, -0.1) is 0 Å². The van der Waals surface area contributed by atoms with Gasteiger partial charge < -0.3 is 10.6 Å². The maximum atomic E-state index is 11.8. The van der Waals surface area contributed by atoms with Crippen molar-refractivity contribution in [3.63, 3.8) is 0 Å². The van der Waals surface area contributed by atoms with E-state index in [-0.39, 0.29) is 11.8 Å². The lowest BCUT2D eigenvalue weighted by Gasteiger charge is -2.06. The number of amides is 2. The fourth-order valence-corrected chi connectivity index (χ4v) is 2.27.